The molecule has 2 amide bonds. The molecule has 0 spiro atoms. The van der Waals surface area contributed by atoms with E-state index in [1.807, 2.05) is 38.1 Å². The van der Waals surface area contributed by atoms with Crippen LogP contribution in [-0.4, -0.2) is 32.1 Å². The number of nitrogens with one attached hydrogen (secondary N) is 2. The number of ether oxygens (including phenoxy) is 3. The third kappa shape index (κ3) is 5.70. The number of carbonyl (C=O) groups is 2. The van der Waals surface area contributed by atoms with Crippen LogP contribution in [0.15, 0.2) is 42.5 Å². The summed E-state index contributed by atoms with van der Waals surface area (Å²) in [4.78, 5) is 23.5. The highest BCUT2D eigenvalue weighted by molar-refractivity contribution is 5.83. The molecule has 2 aromatic rings. The molecule has 0 unspecified atom stereocenters. The summed E-state index contributed by atoms with van der Waals surface area (Å²) in [6, 6.07) is 12.7. The van der Waals surface area contributed by atoms with Gasteiger partial charge in [0.1, 0.15) is 5.75 Å². The number of para-hydroxylation sites is 1. The lowest BCUT2D eigenvalue weighted by molar-refractivity contribution is -0.131. The third-order valence-corrected chi connectivity index (χ3v) is 3.47. The van der Waals surface area contributed by atoms with Crippen LogP contribution in [0.3, 0.4) is 0 Å². The van der Waals surface area contributed by atoms with Gasteiger partial charge in [-0.15, -0.1) is 0 Å². The van der Waals surface area contributed by atoms with Crippen molar-refractivity contribution in [1.29, 1.82) is 0 Å². The Morgan fingerprint density at radius 2 is 1.46 bits per heavy atom. The second kappa shape index (κ2) is 9.31. The molecule has 138 valence electrons. The van der Waals surface area contributed by atoms with Gasteiger partial charge in [-0.1, -0.05) is 24.3 Å². The Kier molecular flexibility index (Phi) is 6.84. The molecule has 0 aliphatic carbocycles. The first-order chi connectivity index (χ1) is 12.5. The van der Waals surface area contributed by atoms with Crippen LogP contribution in [0.25, 0.3) is 0 Å². The highest BCUT2D eigenvalue weighted by Gasteiger charge is 2.09. The van der Waals surface area contributed by atoms with Crippen LogP contribution in [0.2, 0.25) is 0 Å². The molecule has 2 N–H and O–H groups in total. The molecule has 7 nitrogen and oxygen atoms in total. The second-order valence-electron chi connectivity index (χ2n) is 5.59. The summed E-state index contributed by atoms with van der Waals surface area (Å²) in [6.07, 6.45) is 0. The Labute approximate surface area is 152 Å². The van der Waals surface area contributed by atoms with Gasteiger partial charge in [-0.2, -0.15) is 0 Å². The number of benzene rings is 2. The molecule has 7 heteroatoms. The van der Waals surface area contributed by atoms with Crippen molar-refractivity contribution in [1.82, 2.24) is 10.9 Å². The maximum absolute atomic E-state index is 11.8. The van der Waals surface area contributed by atoms with Gasteiger partial charge < -0.3 is 14.2 Å². The molecule has 0 aliphatic rings. The van der Waals surface area contributed by atoms with Gasteiger partial charge in [0.25, 0.3) is 11.8 Å². The van der Waals surface area contributed by atoms with Gasteiger partial charge in [0.15, 0.2) is 24.7 Å². The number of aryl methyl sites for hydroxylation is 2. The zero-order chi connectivity index (χ0) is 18.9. The summed E-state index contributed by atoms with van der Waals surface area (Å²) < 4.78 is 16.0. The number of methoxy groups -OCH3 is 1. The fourth-order valence-corrected chi connectivity index (χ4v) is 2.11. The van der Waals surface area contributed by atoms with Gasteiger partial charge in [0.2, 0.25) is 0 Å². The summed E-state index contributed by atoms with van der Waals surface area (Å²) in [6.45, 7) is 3.33. The molecular formula is C19H22N2O5. The average molecular weight is 358 g/mol. The summed E-state index contributed by atoms with van der Waals surface area (Å²) in [5, 5.41) is 0. The largest absolute Gasteiger partial charge is 0.493 e. The summed E-state index contributed by atoms with van der Waals surface area (Å²) in [5.41, 5.74) is 6.47. The fraction of sp³-hybridized carbons (Fsp3) is 0.263. The molecule has 0 radical (unpaired) electrons. The quantitative estimate of drug-likeness (QED) is 0.739. The lowest BCUT2D eigenvalue weighted by Crippen LogP contribution is -2.45. The fourth-order valence-electron chi connectivity index (χ4n) is 2.11. The smallest absolute Gasteiger partial charge is 0.276 e. The van der Waals surface area contributed by atoms with Gasteiger partial charge in [-0.3, -0.25) is 20.4 Å². The predicted molar refractivity (Wildman–Crippen MR) is 96.2 cm³/mol. The third-order valence-electron chi connectivity index (χ3n) is 3.47. The van der Waals surface area contributed by atoms with E-state index in [9.17, 15) is 9.59 Å². The first kappa shape index (κ1) is 19.1. The molecule has 0 fully saturated rings. The molecule has 0 saturated carbocycles. The lowest BCUT2D eigenvalue weighted by atomic mass is 10.2. The molecule has 0 aromatic heterocycles. The van der Waals surface area contributed by atoms with Crippen LogP contribution in [0.1, 0.15) is 11.1 Å². The highest BCUT2D eigenvalue weighted by atomic mass is 16.5. The molecule has 2 rings (SSSR count). The van der Waals surface area contributed by atoms with Crippen LogP contribution < -0.4 is 25.1 Å². The Bertz CT molecular complexity index is 776. The highest BCUT2D eigenvalue weighted by Crippen LogP contribution is 2.27. The van der Waals surface area contributed by atoms with Crippen molar-refractivity contribution in [3.63, 3.8) is 0 Å². The maximum Gasteiger partial charge on any atom is 0.276 e. The van der Waals surface area contributed by atoms with Crippen molar-refractivity contribution in [3.8, 4) is 17.2 Å². The van der Waals surface area contributed by atoms with Crippen LogP contribution in [-0.2, 0) is 9.59 Å². The SMILES string of the molecule is COc1cc(C)ccc1OCC(=O)NNC(=O)COc1ccccc1C. The van der Waals surface area contributed by atoms with Gasteiger partial charge in [-0.25, -0.2) is 0 Å². The van der Waals surface area contributed by atoms with Gasteiger partial charge in [-0.05, 0) is 43.2 Å². The number of hydrazine groups is 1. The van der Waals surface area contributed by atoms with E-state index in [1.165, 1.54) is 7.11 Å². The van der Waals surface area contributed by atoms with Crippen LogP contribution in [0.5, 0.6) is 17.2 Å². The topological polar surface area (TPSA) is 85.9 Å². The molecule has 2 aromatic carbocycles. The second-order valence-corrected chi connectivity index (χ2v) is 5.59. The Morgan fingerprint density at radius 1 is 0.846 bits per heavy atom. The van der Waals surface area contributed by atoms with Crippen LogP contribution in [0, 0.1) is 13.8 Å². The van der Waals surface area contributed by atoms with E-state index in [0.717, 1.165) is 11.1 Å². The van der Waals surface area contributed by atoms with E-state index in [1.54, 1.807) is 18.2 Å². The molecule has 0 aliphatic heterocycles. The Morgan fingerprint density at radius 3 is 2.08 bits per heavy atom. The molecule has 0 bridgehead atoms. The minimum atomic E-state index is -0.503. The Balaban J connectivity index is 1.73. The van der Waals surface area contributed by atoms with Crippen molar-refractivity contribution >= 4 is 11.8 Å². The van der Waals surface area contributed by atoms with Gasteiger partial charge in [0, 0.05) is 0 Å². The molecular weight excluding hydrogens is 336 g/mol. The van der Waals surface area contributed by atoms with Crippen molar-refractivity contribution in [2.75, 3.05) is 20.3 Å². The first-order valence-corrected chi connectivity index (χ1v) is 8.03. The number of hydrogen-bond donors (Lipinski definition) is 2. The van der Waals surface area contributed by atoms with Crippen LogP contribution in [0.4, 0.5) is 0 Å². The maximum atomic E-state index is 11.8. The average Bonchev–Trinajstić information content (AvgIpc) is 2.64. The van der Waals surface area contributed by atoms with Gasteiger partial charge in [0.05, 0.1) is 7.11 Å². The summed E-state index contributed by atoms with van der Waals surface area (Å²) in [7, 11) is 1.52. The first-order valence-electron chi connectivity index (χ1n) is 8.03. The molecule has 0 heterocycles. The number of amides is 2. The lowest BCUT2D eigenvalue weighted by Gasteiger charge is -2.12. The number of hydrogen-bond acceptors (Lipinski definition) is 5. The van der Waals surface area contributed by atoms with Gasteiger partial charge >= 0.3 is 0 Å². The van der Waals surface area contributed by atoms with Crippen molar-refractivity contribution in [3.05, 3.63) is 53.6 Å². The molecule has 0 atom stereocenters. The van der Waals surface area contributed by atoms with E-state index in [4.69, 9.17) is 14.2 Å². The van der Waals surface area contributed by atoms with E-state index >= 15 is 0 Å². The zero-order valence-corrected chi connectivity index (χ0v) is 15.0. The summed E-state index contributed by atoms with van der Waals surface area (Å²) in [5.74, 6) is 0.617. The molecule has 0 saturated heterocycles. The van der Waals surface area contributed by atoms with E-state index in [2.05, 4.69) is 10.9 Å². The normalized spacial score (nSPS) is 9.96. The standard InChI is InChI=1S/C19H22N2O5/c1-13-8-9-16(17(10-13)24-3)26-12-19(23)21-20-18(22)11-25-15-7-5-4-6-14(15)2/h4-10H,11-12H2,1-3H3,(H,20,22)(H,21,23). The minimum absolute atomic E-state index is 0.211. The number of rotatable bonds is 7. The van der Waals surface area contributed by atoms with Crippen molar-refractivity contribution in [2.45, 2.75) is 13.8 Å². The van der Waals surface area contributed by atoms with Crippen molar-refractivity contribution < 1.29 is 23.8 Å². The minimum Gasteiger partial charge on any atom is -0.493 e. The predicted octanol–water partition coefficient (Wildman–Crippen LogP) is 1.92. The Hall–Kier alpha value is -3.22. The monoisotopic (exact) mass is 358 g/mol. The molecule has 26 heavy (non-hydrogen) atoms. The van der Waals surface area contributed by atoms with Crippen molar-refractivity contribution in [2.24, 2.45) is 0 Å². The van der Waals surface area contributed by atoms with E-state index in [-0.39, 0.29) is 13.2 Å². The van der Waals surface area contributed by atoms with E-state index in [0.29, 0.717) is 17.2 Å². The number of carbonyl (C=O) groups excluding carboxylic acids is 2. The van der Waals surface area contributed by atoms with Crippen LogP contribution >= 0.6 is 0 Å². The summed E-state index contributed by atoms with van der Waals surface area (Å²) >= 11 is 0. The zero-order valence-electron chi connectivity index (χ0n) is 15.0. The van der Waals surface area contributed by atoms with E-state index < -0.39 is 11.8 Å².